The van der Waals surface area contributed by atoms with E-state index in [-0.39, 0.29) is 29.6 Å². The summed E-state index contributed by atoms with van der Waals surface area (Å²) in [5, 5.41) is 13.8. The molecule has 3 aromatic heterocycles. The molecule has 0 atom stereocenters. The van der Waals surface area contributed by atoms with E-state index >= 15 is 0 Å². The van der Waals surface area contributed by atoms with Crippen LogP contribution in [0.4, 0.5) is 4.39 Å². The first-order chi connectivity index (χ1) is 16.5. The van der Waals surface area contributed by atoms with Crippen molar-refractivity contribution in [3.8, 4) is 0 Å². The molecule has 0 unspecified atom stereocenters. The lowest BCUT2D eigenvalue weighted by atomic mass is 10.1. The highest BCUT2D eigenvalue weighted by Gasteiger charge is 2.19. The molecular formula is C24H20FN5O2S2. The maximum absolute atomic E-state index is 13.3. The van der Waals surface area contributed by atoms with Gasteiger partial charge in [0, 0.05) is 6.54 Å². The molecule has 0 saturated carbocycles. The van der Waals surface area contributed by atoms with Crippen molar-refractivity contribution >= 4 is 45.0 Å². The smallest absolute Gasteiger partial charge is 0.273 e. The number of amides is 1. The third kappa shape index (κ3) is 4.46. The van der Waals surface area contributed by atoms with E-state index in [0.717, 1.165) is 11.1 Å². The van der Waals surface area contributed by atoms with Gasteiger partial charge in [-0.15, -0.1) is 21.5 Å². The maximum Gasteiger partial charge on any atom is 0.273 e. The number of carbonyl (C=O) groups is 1. The normalized spacial score (nSPS) is 11.4. The van der Waals surface area contributed by atoms with E-state index in [4.69, 9.17) is 0 Å². The Bertz CT molecular complexity index is 1540. The van der Waals surface area contributed by atoms with Gasteiger partial charge in [0.2, 0.25) is 11.7 Å². The highest BCUT2D eigenvalue weighted by molar-refractivity contribution is 7.99. The van der Waals surface area contributed by atoms with Gasteiger partial charge in [-0.05, 0) is 41.6 Å². The van der Waals surface area contributed by atoms with Crippen molar-refractivity contribution in [1.29, 1.82) is 0 Å². The summed E-state index contributed by atoms with van der Waals surface area (Å²) < 4.78 is 17.2. The summed E-state index contributed by atoms with van der Waals surface area (Å²) in [6.45, 7) is 2.70. The quantitative estimate of drug-likeness (QED) is 0.347. The Morgan fingerprint density at radius 1 is 1.06 bits per heavy atom. The molecule has 3 heterocycles. The summed E-state index contributed by atoms with van der Waals surface area (Å²) in [5.41, 5.74) is 3.49. The van der Waals surface area contributed by atoms with Gasteiger partial charge in [0.1, 0.15) is 10.5 Å². The van der Waals surface area contributed by atoms with Crippen molar-refractivity contribution in [2.45, 2.75) is 25.2 Å². The lowest BCUT2D eigenvalue weighted by molar-refractivity contribution is -0.118. The van der Waals surface area contributed by atoms with Gasteiger partial charge in [0.05, 0.1) is 17.8 Å². The fourth-order valence-electron chi connectivity index (χ4n) is 3.60. The minimum absolute atomic E-state index is 0.122. The molecule has 2 aromatic carbocycles. The Kier molecular flexibility index (Phi) is 6.16. The number of halogens is 1. The molecule has 0 fully saturated rings. The molecule has 0 saturated heterocycles. The SMILES string of the molecule is Cc1ccc(CNC(=O)CSc2nnc3n(Cc4ccc(F)cc4)c(=O)c4sccc4n23)cc1. The van der Waals surface area contributed by atoms with Crippen LogP contribution in [0.1, 0.15) is 16.7 Å². The first kappa shape index (κ1) is 22.3. The van der Waals surface area contributed by atoms with Crippen molar-refractivity contribution < 1.29 is 9.18 Å². The number of aryl methyl sites for hydroxylation is 1. The number of nitrogens with one attached hydrogen (secondary N) is 1. The largest absolute Gasteiger partial charge is 0.351 e. The van der Waals surface area contributed by atoms with Crippen LogP contribution in [0.2, 0.25) is 0 Å². The monoisotopic (exact) mass is 493 g/mol. The number of benzene rings is 2. The van der Waals surface area contributed by atoms with E-state index in [1.165, 1.54) is 45.4 Å². The number of carbonyl (C=O) groups excluding carboxylic acids is 1. The standard InChI is InChI=1S/C24H20FN5O2S2/c1-15-2-4-16(5-3-15)12-26-20(31)14-34-24-28-27-23-29(13-17-6-8-18(25)9-7-17)22(32)21-19(30(23)24)10-11-33-21/h2-11H,12-14H2,1H3,(H,26,31). The number of hydrogen-bond donors (Lipinski definition) is 1. The second-order valence-corrected chi connectivity index (χ2v) is 9.68. The molecule has 172 valence electrons. The Morgan fingerprint density at radius 3 is 2.56 bits per heavy atom. The highest BCUT2D eigenvalue weighted by atomic mass is 32.2. The van der Waals surface area contributed by atoms with Crippen molar-refractivity contribution in [2.24, 2.45) is 0 Å². The summed E-state index contributed by atoms with van der Waals surface area (Å²) in [7, 11) is 0. The predicted molar refractivity (Wildman–Crippen MR) is 132 cm³/mol. The Labute approximate surface area is 202 Å². The lowest BCUT2D eigenvalue weighted by Gasteiger charge is -2.10. The van der Waals surface area contributed by atoms with E-state index in [2.05, 4.69) is 15.5 Å². The molecule has 0 aliphatic rings. The molecule has 34 heavy (non-hydrogen) atoms. The molecule has 10 heteroatoms. The Balaban J connectivity index is 1.39. The topological polar surface area (TPSA) is 81.3 Å². The second-order valence-electron chi connectivity index (χ2n) is 7.82. The van der Waals surface area contributed by atoms with Crippen LogP contribution in [-0.4, -0.2) is 30.8 Å². The summed E-state index contributed by atoms with van der Waals surface area (Å²) >= 11 is 2.60. The van der Waals surface area contributed by atoms with Gasteiger partial charge in [-0.3, -0.25) is 18.6 Å². The third-order valence-corrected chi connectivity index (χ3v) is 7.20. The molecule has 0 aliphatic carbocycles. The fourth-order valence-corrected chi connectivity index (χ4v) is 5.19. The zero-order valence-electron chi connectivity index (χ0n) is 18.2. The maximum atomic E-state index is 13.3. The number of thioether (sulfide) groups is 1. The summed E-state index contributed by atoms with van der Waals surface area (Å²) in [6, 6.07) is 15.9. The van der Waals surface area contributed by atoms with E-state index in [0.29, 0.717) is 27.7 Å². The van der Waals surface area contributed by atoms with Crippen LogP contribution in [0.15, 0.2) is 69.9 Å². The van der Waals surface area contributed by atoms with E-state index in [1.807, 2.05) is 42.6 Å². The van der Waals surface area contributed by atoms with Crippen LogP contribution in [0.3, 0.4) is 0 Å². The number of rotatable bonds is 7. The summed E-state index contributed by atoms with van der Waals surface area (Å²) in [6.07, 6.45) is 0. The second kappa shape index (κ2) is 9.40. The first-order valence-corrected chi connectivity index (χ1v) is 12.4. The van der Waals surface area contributed by atoms with Gasteiger partial charge in [-0.2, -0.15) is 0 Å². The zero-order valence-corrected chi connectivity index (χ0v) is 19.8. The van der Waals surface area contributed by atoms with Gasteiger partial charge in [0.25, 0.3) is 5.56 Å². The van der Waals surface area contributed by atoms with Gasteiger partial charge >= 0.3 is 0 Å². The summed E-state index contributed by atoms with van der Waals surface area (Å²) in [5.74, 6) is 0.0816. The Morgan fingerprint density at radius 2 is 1.79 bits per heavy atom. The van der Waals surface area contributed by atoms with E-state index in [1.54, 1.807) is 16.5 Å². The van der Waals surface area contributed by atoms with Crippen LogP contribution in [0.25, 0.3) is 16.0 Å². The van der Waals surface area contributed by atoms with Crippen molar-refractivity contribution in [1.82, 2.24) is 24.5 Å². The molecule has 1 N–H and O–H groups in total. The van der Waals surface area contributed by atoms with Gasteiger partial charge < -0.3 is 5.32 Å². The van der Waals surface area contributed by atoms with Gasteiger partial charge in [0.15, 0.2) is 5.16 Å². The zero-order chi connectivity index (χ0) is 23.7. The number of hydrogen-bond acceptors (Lipinski definition) is 6. The average molecular weight is 494 g/mol. The average Bonchev–Trinajstić information content (AvgIpc) is 3.48. The van der Waals surface area contributed by atoms with Crippen LogP contribution in [0, 0.1) is 12.7 Å². The molecule has 0 bridgehead atoms. The highest BCUT2D eigenvalue weighted by Crippen LogP contribution is 2.24. The molecule has 1 amide bonds. The van der Waals surface area contributed by atoms with E-state index in [9.17, 15) is 14.0 Å². The van der Waals surface area contributed by atoms with Crippen LogP contribution < -0.4 is 10.9 Å². The summed E-state index contributed by atoms with van der Waals surface area (Å²) in [4.78, 5) is 25.6. The number of thiophene rings is 1. The van der Waals surface area contributed by atoms with Crippen molar-refractivity contribution in [3.05, 3.63) is 92.8 Å². The van der Waals surface area contributed by atoms with Gasteiger partial charge in [-0.1, -0.05) is 53.7 Å². The minimum atomic E-state index is -0.336. The van der Waals surface area contributed by atoms with Crippen LogP contribution >= 0.6 is 23.1 Å². The number of nitrogens with zero attached hydrogens (tertiary/aromatic N) is 4. The lowest BCUT2D eigenvalue weighted by Crippen LogP contribution is -2.25. The van der Waals surface area contributed by atoms with Crippen molar-refractivity contribution in [2.75, 3.05) is 5.75 Å². The van der Waals surface area contributed by atoms with Gasteiger partial charge in [-0.25, -0.2) is 4.39 Å². The van der Waals surface area contributed by atoms with Crippen LogP contribution in [0.5, 0.6) is 0 Å². The molecule has 5 aromatic rings. The fraction of sp³-hybridized carbons (Fsp3) is 0.167. The molecule has 0 aliphatic heterocycles. The molecule has 5 rings (SSSR count). The first-order valence-electron chi connectivity index (χ1n) is 10.5. The Hall–Kier alpha value is -3.50. The minimum Gasteiger partial charge on any atom is -0.351 e. The van der Waals surface area contributed by atoms with Crippen LogP contribution in [-0.2, 0) is 17.9 Å². The molecule has 7 nitrogen and oxygen atoms in total. The molecular weight excluding hydrogens is 473 g/mol. The number of aromatic nitrogens is 4. The molecule has 0 spiro atoms. The predicted octanol–water partition coefficient (Wildman–Crippen LogP) is 4.01. The molecule has 0 radical (unpaired) electrons. The van der Waals surface area contributed by atoms with E-state index < -0.39 is 0 Å². The third-order valence-electron chi connectivity index (χ3n) is 5.38. The van der Waals surface area contributed by atoms with Crippen molar-refractivity contribution in [3.63, 3.8) is 0 Å². The number of fused-ring (bicyclic) bond motifs is 3.